The van der Waals surface area contributed by atoms with E-state index in [9.17, 15) is 9.59 Å². The van der Waals surface area contributed by atoms with Gasteiger partial charge in [-0.05, 0) is 24.6 Å². The summed E-state index contributed by atoms with van der Waals surface area (Å²) >= 11 is 0. The van der Waals surface area contributed by atoms with Gasteiger partial charge in [0.25, 0.3) is 5.91 Å². The zero-order valence-corrected chi connectivity index (χ0v) is 18.6. The van der Waals surface area contributed by atoms with Crippen molar-refractivity contribution in [3.8, 4) is 0 Å². The van der Waals surface area contributed by atoms with E-state index in [0.717, 1.165) is 12.8 Å². The zero-order chi connectivity index (χ0) is 21.2. The van der Waals surface area contributed by atoms with Crippen LogP contribution in [0.2, 0.25) is 0 Å². The summed E-state index contributed by atoms with van der Waals surface area (Å²) in [6, 6.07) is 6.64. The van der Waals surface area contributed by atoms with E-state index in [0.29, 0.717) is 17.7 Å². The second-order valence-electron chi connectivity index (χ2n) is 7.92. The molecule has 0 fully saturated rings. The molecule has 0 aliphatic rings. The number of nitrogens with one attached hydrogen (secondary N) is 1. The minimum absolute atomic E-state index is 0.134. The lowest BCUT2D eigenvalue weighted by Crippen LogP contribution is -2.24. The maximum absolute atomic E-state index is 12.2. The van der Waals surface area contributed by atoms with Crippen LogP contribution in [0.1, 0.15) is 118 Å². The summed E-state index contributed by atoms with van der Waals surface area (Å²) in [6.45, 7) is 2.95. The topological polar surface area (TPSA) is 55.4 Å². The van der Waals surface area contributed by atoms with E-state index in [1.165, 1.54) is 84.2 Å². The molecule has 0 aliphatic heterocycles. The van der Waals surface area contributed by atoms with Gasteiger partial charge in [0, 0.05) is 12.1 Å². The summed E-state index contributed by atoms with van der Waals surface area (Å²) in [5, 5.41) is 2.94. The fraction of sp³-hybridized carbons (Fsp3) is 0.680. The third kappa shape index (κ3) is 12.4. The Labute approximate surface area is 177 Å². The Morgan fingerprint density at radius 2 is 1.24 bits per heavy atom. The number of unbranched alkanes of at least 4 members (excludes halogenated alkanes) is 13. The first kappa shape index (κ1) is 25.2. The number of amides is 1. The lowest BCUT2D eigenvalue weighted by molar-refractivity contribution is 0.0600. The highest BCUT2D eigenvalue weighted by Crippen LogP contribution is 2.13. The van der Waals surface area contributed by atoms with E-state index >= 15 is 0 Å². The van der Waals surface area contributed by atoms with Crippen LogP contribution in [0.3, 0.4) is 0 Å². The Balaban J connectivity index is 1.96. The highest BCUT2D eigenvalue weighted by atomic mass is 16.5. The molecule has 0 atom stereocenters. The fourth-order valence-electron chi connectivity index (χ4n) is 3.53. The van der Waals surface area contributed by atoms with Crippen LogP contribution in [0.4, 0.5) is 0 Å². The predicted octanol–water partition coefficient (Wildman–Crippen LogP) is 6.68. The Morgan fingerprint density at radius 3 is 1.76 bits per heavy atom. The summed E-state index contributed by atoms with van der Waals surface area (Å²) in [5.41, 5.74) is 0.898. The number of carbonyl (C=O) groups is 2. The van der Waals surface area contributed by atoms with Gasteiger partial charge < -0.3 is 10.1 Å². The number of hydrogen-bond acceptors (Lipinski definition) is 3. The van der Waals surface area contributed by atoms with Gasteiger partial charge in [0.1, 0.15) is 0 Å². The highest BCUT2D eigenvalue weighted by molar-refractivity contribution is 5.97. The van der Waals surface area contributed by atoms with Gasteiger partial charge >= 0.3 is 5.97 Å². The number of ether oxygens (including phenoxy) is 1. The predicted molar refractivity (Wildman–Crippen MR) is 120 cm³/mol. The highest BCUT2D eigenvalue weighted by Gasteiger charge is 2.10. The molecule has 1 aromatic rings. The summed E-state index contributed by atoms with van der Waals surface area (Å²) in [7, 11) is 1.34. The van der Waals surface area contributed by atoms with Crippen molar-refractivity contribution in [2.45, 2.75) is 96.8 Å². The normalized spacial score (nSPS) is 10.7. The molecule has 0 heterocycles. The Hall–Kier alpha value is -1.84. The lowest BCUT2D eigenvalue weighted by Gasteiger charge is -2.07. The van der Waals surface area contributed by atoms with Crippen molar-refractivity contribution in [1.82, 2.24) is 5.32 Å². The van der Waals surface area contributed by atoms with Crippen molar-refractivity contribution in [2.24, 2.45) is 0 Å². The number of benzene rings is 1. The largest absolute Gasteiger partial charge is 0.465 e. The van der Waals surface area contributed by atoms with Crippen molar-refractivity contribution >= 4 is 11.9 Å². The first-order valence-electron chi connectivity index (χ1n) is 11.7. The molecule has 0 saturated carbocycles. The second kappa shape index (κ2) is 17.1. The van der Waals surface area contributed by atoms with Crippen molar-refractivity contribution in [3.05, 3.63) is 35.4 Å². The van der Waals surface area contributed by atoms with Crippen molar-refractivity contribution in [1.29, 1.82) is 0 Å². The second-order valence-corrected chi connectivity index (χ2v) is 7.92. The van der Waals surface area contributed by atoms with Gasteiger partial charge in [0.05, 0.1) is 12.7 Å². The van der Waals surface area contributed by atoms with Crippen LogP contribution in [0.25, 0.3) is 0 Å². The molecule has 4 heteroatoms. The molecular formula is C25H41NO3. The van der Waals surface area contributed by atoms with Gasteiger partial charge in [-0.3, -0.25) is 4.79 Å². The van der Waals surface area contributed by atoms with Crippen molar-refractivity contribution < 1.29 is 14.3 Å². The first-order valence-corrected chi connectivity index (χ1v) is 11.7. The molecule has 0 saturated heterocycles. The number of esters is 1. The van der Waals surface area contributed by atoms with E-state index in [-0.39, 0.29) is 5.91 Å². The molecule has 164 valence electrons. The van der Waals surface area contributed by atoms with Gasteiger partial charge in [-0.25, -0.2) is 4.79 Å². The van der Waals surface area contributed by atoms with Crippen LogP contribution < -0.4 is 5.32 Å². The molecule has 0 unspecified atom stereocenters. The third-order valence-electron chi connectivity index (χ3n) is 5.36. The van der Waals surface area contributed by atoms with Crippen LogP contribution in [0.5, 0.6) is 0 Å². The lowest BCUT2D eigenvalue weighted by atomic mass is 10.0. The Kier molecular flexibility index (Phi) is 14.8. The molecule has 0 aromatic heterocycles. The molecule has 0 spiro atoms. The fourth-order valence-corrected chi connectivity index (χ4v) is 3.53. The van der Waals surface area contributed by atoms with Crippen molar-refractivity contribution in [2.75, 3.05) is 13.7 Å². The zero-order valence-electron chi connectivity index (χ0n) is 18.6. The van der Waals surface area contributed by atoms with Crippen LogP contribution in [0, 0.1) is 0 Å². The number of methoxy groups -OCH3 is 1. The molecule has 0 bridgehead atoms. The van der Waals surface area contributed by atoms with Gasteiger partial charge in [-0.1, -0.05) is 96.5 Å². The van der Waals surface area contributed by atoms with E-state index in [1.54, 1.807) is 24.3 Å². The van der Waals surface area contributed by atoms with Gasteiger partial charge in [0.15, 0.2) is 0 Å². The van der Waals surface area contributed by atoms with Gasteiger partial charge in [0.2, 0.25) is 0 Å². The average molecular weight is 404 g/mol. The first-order chi connectivity index (χ1) is 14.2. The molecule has 4 nitrogen and oxygen atoms in total. The average Bonchev–Trinajstić information content (AvgIpc) is 2.75. The SMILES string of the molecule is CCCCCCCCCCCCCCCCNC(=O)c1cccc(C(=O)OC)c1. The van der Waals surface area contributed by atoms with E-state index in [2.05, 4.69) is 12.2 Å². The maximum Gasteiger partial charge on any atom is 0.337 e. The van der Waals surface area contributed by atoms with Crippen LogP contribution >= 0.6 is 0 Å². The van der Waals surface area contributed by atoms with Gasteiger partial charge in [-0.15, -0.1) is 0 Å². The minimum Gasteiger partial charge on any atom is -0.465 e. The molecule has 0 aliphatic carbocycles. The summed E-state index contributed by atoms with van der Waals surface area (Å²) in [6.07, 6.45) is 18.6. The number of hydrogen-bond donors (Lipinski definition) is 1. The number of carbonyl (C=O) groups excluding carboxylic acids is 2. The smallest absolute Gasteiger partial charge is 0.337 e. The van der Waals surface area contributed by atoms with Gasteiger partial charge in [-0.2, -0.15) is 0 Å². The van der Waals surface area contributed by atoms with Crippen molar-refractivity contribution in [3.63, 3.8) is 0 Å². The summed E-state index contributed by atoms with van der Waals surface area (Å²) in [5.74, 6) is -0.558. The molecule has 1 aromatic carbocycles. The Morgan fingerprint density at radius 1 is 0.759 bits per heavy atom. The number of rotatable bonds is 17. The quantitative estimate of drug-likeness (QED) is 0.233. The Bertz CT molecular complexity index is 571. The minimum atomic E-state index is -0.424. The maximum atomic E-state index is 12.2. The molecule has 29 heavy (non-hydrogen) atoms. The molecule has 1 rings (SSSR count). The monoisotopic (exact) mass is 403 g/mol. The van der Waals surface area contributed by atoms with Crippen LogP contribution in [-0.4, -0.2) is 25.5 Å². The van der Waals surface area contributed by atoms with Crippen LogP contribution in [-0.2, 0) is 4.74 Å². The van der Waals surface area contributed by atoms with E-state index in [1.807, 2.05) is 0 Å². The standard InChI is InChI=1S/C25H41NO3/c1-3-4-5-6-7-8-9-10-11-12-13-14-15-16-20-26-24(27)22-18-17-19-23(21-22)25(28)29-2/h17-19,21H,3-16,20H2,1-2H3,(H,26,27). The van der Waals surface area contributed by atoms with Crippen LogP contribution in [0.15, 0.2) is 24.3 Å². The van der Waals surface area contributed by atoms with E-state index in [4.69, 9.17) is 4.74 Å². The molecular weight excluding hydrogens is 362 g/mol. The molecule has 1 N–H and O–H groups in total. The van der Waals surface area contributed by atoms with E-state index < -0.39 is 5.97 Å². The third-order valence-corrected chi connectivity index (χ3v) is 5.36. The summed E-state index contributed by atoms with van der Waals surface area (Å²) in [4.78, 5) is 23.7. The summed E-state index contributed by atoms with van der Waals surface area (Å²) < 4.78 is 4.69. The molecule has 1 amide bonds. The molecule has 0 radical (unpaired) electrons.